The van der Waals surface area contributed by atoms with Gasteiger partial charge in [-0.3, -0.25) is 4.98 Å². The first kappa shape index (κ1) is 15.4. The van der Waals surface area contributed by atoms with Gasteiger partial charge in [0.25, 0.3) is 0 Å². The number of pyridine rings is 1. The third-order valence-electron chi connectivity index (χ3n) is 6.08. The molecular formula is C19H29N3O. The number of piperidine rings is 2. The Morgan fingerprint density at radius 1 is 1.17 bits per heavy atom. The van der Waals surface area contributed by atoms with E-state index in [0.717, 1.165) is 13.2 Å². The lowest BCUT2D eigenvalue weighted by atomic mass is 9.72. The maximum Gasteiger partial charge on any atom is 0.0702 e. The zero-order chi connectivity index (χ0) is 15.5. The van der Waals surface area contributed by atoms with E-state index in [1.807, 2.05) is 12.4 Å². The van der Waals surface area contributed by atoms with Crippen molar-refractivity contribution in [1.82, 2.24) is 9.88 Å². The van der Waals surface area contributed by atoms with Crippen molar-refractivity contribution in [3.05, 3.63) is 24.5 Å². The van der Waals surface area contributed by atoms with Gasteiger partial charge < -0.3 is 14.5 Å². The van der Waals surface area contributed by atoms with E-state index in [1.54, 1.807) is 0 Å². The molecule has 3 aliphatic heterocycles. The zero-order valence-corrected chi connectivity index (χ0v) is 14.1. The van der Waals surface area contributed by atoms with Crippen LogP contribution >= 0.6 is 0 Å². The van der Waals surface area contributed by atoms with E-state index < -0.39 is 0 Å². The van der Waals surface area contributed by atoms with Crippen molar-refractivity contribution in [1.29, 1.82) is 0 Å². The number of hydrogen-bond acceptors (Lipinski definition) is 4. The second kappa shape index (κ2) is 6.78. The minimum absolute atomic E-state index is 0.502. The molecule has 1 aromatic rings. The third-order valence-corrected chi connectivity index (χ3v) is 6.08. The lowest BCUT2D eigenvalue weighted by molar-refractivity contribution is 0.0354. The molecule has 3 fully saturated rings. The van der Waals surface area contributed by atoms with Crippen LogP contribution in [0, 0.1) is 5.41 Å². The van der Waals surface area contributed by atoms with E-state index >= 15 is 0 Å². The summed E-state index contributed by atoms with van der Waals surface area (Å²) < 4.78 is 5.81. The maximum atomic E-state index is 5.81. The van der Waals surface area contributed by atoms with Gasteiger partial charge in [0, 0.05) is 32.4 Å². The number of ether oxygens (including phenoxy) is 1. The van der Waals surface area contributed by atoms with Crippen LogP contribution in [0.3, 0.4) is 0 Å². The summed E-state index contributed by atoms with van der Waals surface area (Å²) in [4.78, 5) is 9.50. The molecule has 0 radical (unpaired) electrons. The molecule has 0 unspecified atom stereocenters. The van der Waals surface area contributed by atoms with Crippen LogP contribution in [0.25, 0.3) is 0 Å². The molecule has 0 amide bonds. The number of hydrogen-bond donors (Lipinski definition) is 0. The fraction of sp³-hybridized carbons (Fsp3) is 0.737. The Morgan fingerprint density at radius 2 is 2.09 bits per heavy atom. The molecule has 0 aromatic carbocycles. The van der Waals surface area contributed by atoms with Gasteiger partial charge in [-0.2, -0.15) is 0 Å². The second-order valence-corrected chi connectivity index (χ2v) is 7.67. The van der Waals surface area contributed by atoms with Gasteiger partial charge in [-0.05, 0) is 69.2 Å². The lowest BCUT2D eigenvalue weighted by Crippen LogP contribution is -2.50. The highest BCUT2D eigenvalue weighted by atomic mass is 16.5. The first-order valence-corrected chi connectivity index (χ1v) is 9.32. The van der Waals surface area contributed by atoms with E-state index in [4.69, 9.17) is 4.74 Å². The smallest absolute Gasteiger partial charge is 0.0702 e. The molecule has 1 spiro atoms. The molecule has 0 N–H and O–H groups in total. The number of aromatic nitrogens is 1. The average Bonchev–Trinajstić information content (AvgIpc) is 3.11. The largest absolute Gasteiger partial charge is 0.377 e. The van der Waals surface area contributed by atoms with Crippen LogP contribution in [-0.4, -0.2) is 55.3 Å². The average molecular weight is 315 g/mol. The molecule has 126 valence electrons. The van der Waals surface area contributed by atoms with E-state index in [0.29, 0.717) is 11.5 Å². The summed E-state index contributed by atoms with van der Waals surface area (Å²) >= 11 is 0. The molecule has 4 heterocycles. The normalized spacial score (nSPS) is 28.3. The van der Waals surface area contributed by atoms with E-state index in [2.05, 4.69) is 26.9 Å². The van der Waals surface area contributed by atoms with E-state index in [-0.39, 0.29) is 0 Å². The lowest BCUT2D eigenvalue weighted by Gasteiger charge is -2.48. The van der Waals surface area contributed by atoms with Crippen LogP contribution in [0.5, 0.6) is 0 Å². The molecule has 0 aliphatic carbocycles. The molecule has 3 saturated heterocycles. The van der Waals surface area contributed by atoms with Crippen molar-refractivity contribution in [3.8, 4) is 0 Å². The molecule has 0 saturated carbocycles. The summed E-state index contributed by atoms with van der Waals surface area (Å²) in [5.41, 5.74) is 1.83. The number of anilines is 1. The quantitative estimate of drug-likeness (QED) is 0.857. The molecule has 3 aliphatic rings. The first-order valence-electron chi connectivity index (χ1n) is 9.32. The first-order chi connectivity index (χ1) is 11.3. The molecule has 23 heavy (non-hydrogen) atoms. The minimum Gasteiger partial charge on any atom is -0.377 e. The summed E-state index contributed by atoms with van der Waals surface area (Å²) in [7, 11) is 0. The van der Waals surface area contributed by atoms with Gasteiger partial charge in [0.15, 0.2) is 0 Å². The Hall–Kier alpha value is -1.13. The van der Waals surface area contributed by atoms with Crippen LogP contribution in [0.15, 0.2) is 24.5 Å². The summed E-state index contributed by atoms with van der Waals surface area (Å²) in [6.07, 6.45) is 12.3. The highest BCUT2D eigenvalue weighted by Crippen LogP contribution is 2.41. The number of likely N-dealkylation sites (tertiary alicyclic amines) is 1. The van der Waals surface area contributed by atoms with Crippen LogP contribution in [0.1, 0.15) is 38.5 Å². The van der Waals surface area contributed by atoms with Crippen molar-refractivity contribution in [3.63, 3.8) is 0 Å². The van der Waals surface area contributed by atoms with Gasteiger partial charge in [0.1, 0.15) is 0 Å². The van der Waals surface area contributed by atoms with Crippen molar-refractivity contribution in [2.45, 2.75) is 44.6 Å². The van der Waals surface area contributed by atoms with Crippen molar-refractivity contribution < 1.29 is 4.74 Å². The highest BCUT2D eigenvalue weighted by Gasteiger charge is 2.38. The van der Waals surface area contributed by atoms with Crippen LogP contribution in [0.4, 0.5) is 5.69 Å². The minimum atomic E-state index is 0.502. The van der Waals surface area contributed by atoms with Crippen LogP contribution in [0.2, 0.25) is 0 Å². The molecule has 4 heteroatoms. The predicted molar refractivity (Wildman–Crippen MR) is 92.8 cm³/mol. The summed E-state index contributed by atoms with van der Waals surface area (Å²) in [5.74, 6) is 0. The Morgan fingerprint density at radius 3 is 2.83 bits per heavy atom. The fourth-order valence-corrected chi connectivity index (χ4v) is 4.66. The monoisotopic (exact) mass is 315 g/mol. The maximum absolute atomic E-state index is 5.81. The van der Waals surface area contributed by atoms with Gasteiger partial charge in [-0.25, -0.2) is 0 Å². The molecule has 4 nitrogen and oxygen atoms in total. The number of rotatable bonds is 3. The molecule has 4 rings (SSSR count). The van der Waals surface area contributed by atoms with Crippen LogP contribution < -0.4 is 4.90 Å². The van der Waals surface area contributed by atoms with Gasteiger partial charge in [0.05, 0.1) is 18.0 Å². The Kier molecular flexibility index (Phi) is 4.54. The third kappa shape index (κ3) is 3.53. The Labute approximate surface area is 139 Å². The van der Waals surface area contributed by atoms with Gasteiger partial charge in [0.2, 0.25) is 0 Å². The van der Waals surface area contributed by atoms with Crippen molar-refractivity contribution in [2.75, 3.05) is 44.2 Å². The second-order valence-electron chi connectivity index (χ2n) is 7.67. The Balaban J connectivity index is 1.34. The van der Waals surface area contributed by atoms with Gasteiger partial charge >= 0.3 is 0 Å². The summed E-state index contributed by atoms with van der Waals surface area (Å²) in [6.45, 7) is 7.03. The standard InChI is InChI=1S/C19H29N3O/c1-4-17(14-20-9-1)22-10-3-6-19(16-22)7-11-21(12-8-19)15-18-5-2-13-23-18/h1,4,9,14,18H,2-3,5-8,10-13,15-16H2/t18-/m0/s1. The molecular weight excluding hydrogens is 286 g/mol. The van der Waals surface area contributed by atoms with E-state index in [1.165, 1.54) is 70.4 Å². The SMILES string of the molecule is c1cncc(N2CCCC3(CCN(C[C@@H]4CCCO4)CC3)C2)c1. The van der Waals surface area contributed by atoms with Crippen molar-refractivity contribution >= 4 is 5.69 Å². The highest BCUT2D eigenvalue weighted by molar-refractivity contribution is 5.44. The van der Waals surface area contributed by atoms with Gasteiger partial charge in [-0.1, -0.05) is 0 Å². The summed E-state index contributed by atoms with van der Waals surface area (Å²) in [6, 6.07) is 4.26. The molecule has 0 bridgehead atoms. The van der Waals surface area contributed by atoms with Crippen LogP contribution in [-0.2, 0) is 4.74 Å². The van der Waals surface area contributed by atoms with E-state index in [9.17, 15) is 0 Å². The Bertz CT molecular complexity index is 493. The fourth-order valence-electron chi connectivity index (χ4n) is 4.66. The zero-order valence-electron chi connectivity index (χ0n) is 14.1. The molecule has 1 aromatic heterocycles. The van der Waals surface area contributed by atoms with Crippen molar-refractivity contribution in [2.24, 2.45) is 5.41 Å². The number of nitrogens with zero attached hydrogens (tertiary/aromatic N) is 3. The van der Waals surface area contributed by atoms with Gasteiger partial charge in [-0.15, -0.1) is 0 Å². The topological polar surface area (TPSA) is 28.6 Å². The predicted octanol–water partition coefficient (Wildman–Crippen LogP) is 2.94. The molecule has 1 atom stereocenters. The summed E-state index contributed by atoms with van der Waals surface area (Å²) in [5, 5.41) is 0.